The lowest BCUT2D eigenvalue weighted by atomic mass is 10.1. The van der Waals surface area contributed by atoms with Crippen molar-refractivity contribution < 1.29 is 32.5 Å². The fourth-order valence-electron chi connectivity index (χ4n) is 2.93. The number of H-pyrrole nitrogens is 1. The first-order valence-corrected chi connectivity index (χ1v) is 9.26. The molecule has 0 saturated carbocycles. The second-order valence-corrected chi connectivity index (χ2v) is 6.65. The summed E-state index contributed by atoms with van der Waals surface area (Å²) in [7, 11) is 0. The molecule has 0 amide bonds. The lowest BCUT2D eigenvalue weighted by Crippen LogP contribution is -2.22. The summed E-state index contributed by atoms with van der Waals surface area (Å²) >= 11 is 0. The van der Waals surface area contributed by atoms with Gasteiger partial charge in [-0.15, -0.1) is 0 Å². The molecule has 1 aliphatic rings. The van der Waals surface area contributed by atoms with Gasteiger partial charge in [-0.1, -0.05) is 18.2 Å². The number of carbonyl (C=O) groups is 1. The molecule has 2 aromatic heterocycles. The van der Waals surface area contributed by atoms with Crippen LogP contribution in [-0.2, 0) is 4.79 Å². The van der Waals surface area contributed by atoms with Gasteiger partial charge in [-0.05, 0) is 29.8 Å². The van der Waals surface area contributed by atoms with Gasteiger partial charge in [0.25, 0.3) is 0 Å². The first-order valence-electron chi connectivity index (χ1n) is 9.26. The van der Waals surface area contributed by atoms with E-state index in [0.717, 1.165) is 39.4 Å². The Hall–Kier alpha value is -4.15. The molecule has 4 aromatic rings. The fourth-order valence-corrected chi connectivity index (χ4v) is 2.93. The number of hydrogen-bond donors (Lipinski definition) is 2. The minimum Gasteiger partial charge on any atom is -0.485 e. The number of hydrogen-bond acceptors (Lipinski definition) is 6. The summed E-state index contributed by atoms with van der Waals surface area (Å²) in [5.41, 5.74) is 4.47. The van der Waals surface area contributed by atoms with E-state index in [4.69, 9.17) is 24.4 Å². The lowest BCUT2D eigenvalue weighted by molar-refractivity contribution is -0.192. The van der Waals surface area contributed by atoms with Crippen LogP contribution in [0.3, 0.4) is 0 Å². The molecular formula is C21H15F3N4O4. The molecule has 0 saturated heterocycles. The Morgan fingerprint density at radius 3 is 2.50 bits per heavy atom. The highest BCUT2D eigenvalue weighted by atomic mass is 19.4. The van der Waals surface area contributed by atoms with Crippen LogP contribution in [0.15, 0.2) is 61.1 Å². The van der Waals surface area contributed by atoms with Gasteiger partial charge in [0.2, 0.25) is 0 Å². The number of rotatable bonds is 2. The van der Waals surface area contributed by atoms with Gasteiger partial charge in [-0.25, -0.2) is 9.78 Å². The van der Waals surface area contributed by atoms with Crippen molar-refractivity contribution in [2.24, 2.45) is 0 Å². The Balaban J connectivity index is 0.000000307. The Kier molecular flexibility index (Phi) is 5.63. The third-order valence-corrected chi connectivity index (χ3v) is 4.47. The molecule has 1 aliphatic heterocycles. The summed E-state index contributed by atoms with van der Waals surface area (Å²) in [6.07, 6.45) is 0.0346. The highest BCUT2D eigenvalue weighted by Gasteiger charge is 2.38. The number of halogens is 3. The standard InChI is InChI=1S/C19H14N4O2.C2HF3O2/c1-2-4-18-17(3-1)24-11-19(25-18)16-10-20-14-6-5-12(7-15(14)23-16)13-8-21-22-9-13;3-2(4,5)1(6)7/h1-10,19H,11H2,(H,21,22);(H,6,7). The highest BCUT2D eigenvalue weighted by Crippen LogP contribution is 2.35. The van der Waals surface area contributed by atoms with Crippen molar-refractivity contribution in [3.8, 4) is 22.6 Å². The van der Waals surface area contributed by atoms with Gasteiger partial charge >= 0.3 is 12.1 Å². The van der Waals surface area contributed by atoms with Gasteiger partial charge in [0, 0.05) is 11.8 Å². The predicted molar refractivity (Wildman–Crippen MR) is 106 cm³/mol. The Bertz CT molecular complexity index is 1250. The first-order chi connectivity index (χ1) is 15.3. The largest absolute Gasteiger partial charge is 0.490 e. The average Bonchev–Trinajstić information content (AvgIpc) is 3.33. The van der Waals surface area contributed by atoms with Gasteiger partial charge in [0.05, 0.1) is 23.4 Å². The molecule has 0 bridgehead atoms. The van der Waals surface area contributed by atoms with Crippen LogP contribution in [0.4, 0.5) is 13.2 Å². The van der Waals surface area contributed by atoms with Crippen molar-refractivity contribution in [3.05, 3.63) is 66.7 Å². The van der Waals surface area contributed by atoms with E-state index in [1.165, 1.54) is 0 Å². The van der Waals surface area contributed by atoms with Crippen molar-refractivity contribution in [1.82, 2.24) is 20.2 Å². The fraction of sp³-hybridized carbons (Fsp3) is 0.143. The van der Waals surface area contributed by atoms with E-state index in [1.807, 2.05) is 48.7 Å². The maximum absolute atomic E-state index is 10.6. The van der Waals surface area contributed by atoms with Crippen LogP contribution in [0, 0.1) is 0 Å². The molecule has 1 unspecified atom stereocenters. The molecule has 164 valence electrons. The molecule has 11 heteroatoms. The topological polar surface area (TPSA) is 110 Å². The van der Waals surface area contributed by atoms with Crippen LogP contribution in [0.25, 0.3) is 22.2 Å². The smallest absolute Gasteiger partial charge is 0.485 e. The van der Waals surface area contributed by atoms with Crippen molar-refractivity contribution in [2.45, 2.75) is 12.3 Å². The lowest BCUT2D eigenvalue weighted by Gasteiger charge is -2.25. The summed E-state index contributed by atoms with van der Waals surface area (Å²) in [5.74, 6) is -1.27. The number of fused-ring (bicyclic) bond motifs is 2. The number of benzene rings is 2. The molecule has 2 N–H and O–H groups in total. The monoisotopic (exact) mass is 444 g/mol. The third kappa shape index (κ3) is 4.61. The number of aromatic amines is 1. The molecule has 5 rings (SSSR count). The first kappa shape index (κ1) is 21.1. The summed E-state index contributed by atoms with van der Waals surface area (Å²) < 4.78 is 43.5. The minimum absolute atomic E-state index is 0.274. The maximum Gasteiger partial charge on any atom is 0.490 e. The number of nitrogens with zero attached hydrogens (tertiary/aromatic N) is 3. The van der Waals surface area contributed by atoms with Gasteiger partial charge in [0.1, 0.15) is 12.3 Å². The van der Waals surface area contributed by atoms with Gasteiger partial charge < -0.3 is 14.6 Å². The van der Waals surface area contributed by atoms with Crippen molar-refractivity contribution in [2.75, 3.05) is 6.61 Å². The van der Waals surface area contributed by atoms with E-state index >= 15 is 0 Å². The Morgan fingerprint density at radius 2 is 1.81 bits per heavy atom. The zero-order chi connectivity index (χ0) is 22.7. The second kappa shape index (κ2) is 8.53. The zero-order valence-electron chi connectivity index (χ0n) is 16.2. The van der Waals surface area contributed by atoms with Crippen LogP contribution in [-0.4, -0.2) is 44.0 Å². The summed E-state index contributed by atoms with van der Waals surface area (Å²) in [6, 6.07) is 13.6. The molecule has 0 fully saturated rings. The minimum atomic E-state index is -5.08. The third-order valence-electron chi connectivity index (χ3n) is 4.47. The number of nitrogens with one attached hydrogen (secondary N) is 1. The normalized spacial score (nSPS) is 15.0. The number of carboxylic acid groups (broad SMARTS) is 1. The number of alkyl halides is 3. The van der Waals surface area contributed by atoms with Gasteiger partial charge in [-0.2, -0.15) is 18.3 Å². The second-order valence-electron chi connectivity index (χ2n) is 6.65. The van der Waals surface area contributed by atoms with Crippen LogP contribution in [0.2, 0.25) is 0 Å². The molecule has 0 radical (unpaired) electrons. The average molecular weight is 444 g/mol. The van der Waals surface area contributed by atoms with Crippen LogP contribution in [0.1, 0.15) is 11.8 Å². The van der Waals surface area contributed by atoms with E-state index in [9.17, 15) is 13.2 Å². The van der Waals surface area contributed by atoms with E-state index in [-0.39, 0.29) is 6.10 Å². The molecule has 0 aliphatic carbocycles. The molecule has 1 atom stereocenters. The maximum atomic E-state index is 10.6. The van der Waals surface area contributed by atoms with Gasteiger partial charge in [0.15, 0.2) is 17.6 Å². The van der Waals surface area contributed by atoms with E-state index < -0.39 is 12.1 Å². The summed E-state index contributed by atoms with van der Waals surface area (Å²) in [4.78, 5) is 18.2. The number of aromatic nitrogens is 4. The van der Waals surface area contributed by atoms with E-state index in [0.29, 0.717) is 6.61 Å². The molecule has 8 nitrogen and oxygen atoms in total. The van der Waals surface area contributed by atoms with Crippen molar-refractivity contribution in [3.63, 3.8) is 0 Å². The van der Waals surface area contributed by atoms with Crippen LogP contribution < -0.4 is 9.47 Å². The Labute approximate surface area is 178 Å². The SMILES string of the molecule is O=C(O)C(F)(F)F.c1ccc2c(c1)OCC(c1cnc3ccc(-c4cn[nH]c4)cc3n1)O2. The quantitative estimate of drug-likeness (QED) is 0.478. The van der Waals surface area contributed by atoms with E-state index in [1.54, 1.807) is 12.4 Å². The zero-order valence-corrected chi connectivity index (χ0v) is 16.2. The Morgan fingerprint density at radius 1 is 1.06 bits per heavy atom. The molecule has 2 aromatic carbocycles. The van der Waals surface area contributed by atoms with Crippen molar-refractivity contribution >= 4 is 17.0 Å². The molecular weight excluding hydrogens is 429 g/mol. The molecule has 32 heavy (non-hydrogen) atoms. The van der Waals surface area contributed by atoms with E-state index in [2.05, 4.69) is 15.2 Å². The predicted octanol–water partition coefficient (Wildman–Crippen LogP) is 4.17. The molecule has 0 spiro atoms. The van der Waals surface area contributed by atoms with Gasteiger partial charge in [-0.3, -0.25) is 10.1 Å². The number of aliphatic carboxylic acids is 1. The summed E-state index contributed by atoms with van der Waals surface area (Å²) in [6.45, 7) is 0.415. The number of para-hydroxylation sites is 2. The number of carboxylic acids is 1. The van der Waals surface area contributed by atoms with Crippen LogP contribution >= 0.6 is 0 Å². The van der Waals surface area contributed by atoms with Crippen LogP contribution in [0.5, 0.6) is 11.5 Å². The van der Waals surface area contributed by atoms with Crippen molar-refractivity contribution in [1.29, 1.82) is 0 Å². The summed E-state index contributed by atoms with van der Waals surface area (Å²) in [5, 5.41) is 13.9. The molecule has 3 heterocycles. The highest BCUT2D eigenvalue weighted by molar-refractivity contribution is 5.81. The number of ether oxygens (including phenoxy) is 2.